The molecule has 1 saturated heterocycles. The summed E-state index contributed by atoms with van der Waals surface area (Å²) >= 11 is 0. The molecule has 0 bridgehead atoms. The summed E-state index contributed by atoms with van der Waals surface area (Å²) in [5, 5.41) is 0. The smallest absolute Gasteiger partial charge is 0.321 e. The largest absolute Gasteiger partial charge is 0.461 e. The Morgan fingerprint density at radius 3 is 2.00 bits per heavy atom. The van der Waals surface area contributed by atoms with E-state index in [2.05, 4.69) is 0 Å². The molecule has 1 heterocycles. The first-order valence-corrected chi connectivity index (χ1v) is 11.6. The molecule has 1 unspecified atom stereocenters. The fraction of sp³-hybridized carbons (Fsp3) is 0.240. The molecule has 4 rings (SSSR count). The lowest BCUT2D eigenvalue weighted by Gasteiger charge is -2.26. The van der Waals surface area contributed by atoms with Crippen molar-refractivity contribution in [2.75, 3.05) is 6.61 Å². The van der Waals surface area contributed by atoms with Gasteiger partial charge in [-0.2, -0.15) is 8.42 Å². The molecule has 31 heavy (non-hydrogen) atoms. The van der Waals surface area contributed by atoms with Crippen LogP contribution in [0.4, 0.5) is 0 Å². The molecule has 0 amide bonds. The molecule has 0 aromatic heterocycles. The lowest BCUT2D eigenvalue weighted by molar-refractivity contribution is -0.144. The van der Waals surface area contributed by atoms with Gasteiger partial charge in [0.15, 0.2) is 0 Å². The van der Waals surface area contributed by atoms with E-state index in [1.165, 1.54) is 12.1 Å². The maximum atomic E-state index is 13.1. The van der Waals surface area contributed by atoms with Crippen LogP contribution >= 0.6 is 0 Å². The molecule has 0 saturated carbocycles. The second-order valence-electron chi connectivity index (χ2n) is 7.75. The zero-order valence-corrected chi connectivity index (χ0v) is 18.0. The SMILES string of the molecule is Cc1ccc(S(=O)(=O)OCCC2CC(c3ccccc3)(c3ccccc3)C(=O)O2)cc1. The summed E-state index contributed by atoms with van der Waals surface area (Å²) in [4.78, 5) is 13.3. The van der Waals surface area contributed by atoms with E-state index >= 15 is 0 Å². The van der Waals surface area contributed by atoms with Crippen molar-refractivity contribution >= 4 is 16.1 Å². The Labute approximate surface area is 182 Å². The molecule has 3 aromatic carbocycles. The van der Waals surface area contributed by atoms with Crippen molar-refractivity contribution in [1.29, 1.82) is 0 Å². The maximum absolute atomic E-state index is 13.1. The molecule has 1 aliphatic rings. The Balaban J connectivity index is 1.50. The number of rotatable bonds is 7. The highest BCUT2D eigenvalue weighted by Gasteiger charge is 2.51. The number of carbonyl (C=O) groups is 1. The number of hydrogen-bond donors (Lipinski definition) is 0. The molecular weight excluding hydrogens is 412 g/mol. The third-order valence-electron chi connectivity index (χ3n) is 5.68. The van der Waals surface area contributed by atoms with E-state index in [1.54, 1.807) is 12.1 Å². The monoisotopic (exact) mass is 436 g/mol. The van der Waals surface area contributed by atoms with Crippen molar-refractivity contribution in [2.24, 2.45) is 0 Å². The van der Waals surface area contributed by atoms with Gasteiger partial charge in [0.2, 0.25) is 0 Å². The lowest BCUT2D eigenvalue weighted by atomic mass is 9.72. The van der Waals surface area contributed by atoms with Crippen LogP contribution in [-0.2, 0) is 29.2 Å². The molecule has 160 valence electrons. The minimum atomic E-state index is -3.86. The fourth-order valence-corrected chi connectivity index (χ4v) is 4.95. The van der Waals surface area contributed by atoms with Gasteiger partial charge >= 0.3 is 5.97 Å². The zero-order valence-electron chi connectivity index (χ0n) is 17.2. The number of esters is 1. The summed E-state index contributed by atoms with van der Waals surface area (Å²) in [6.45, 7) is 1.82. The summed E-state index contributed by atoms with van der Waals surface area (Å²) < 4.78 is 35.8. The van der Waals surface area contributed by atoms with Gasteiger partial charge in [0.05, 0.1) is 11.5 Å². The van der Waals surface area contributed by atoms with Crippen molar-refractivity contribution in [3.05, 3.63) is 102 Å². The number of hydrogen-bond acceptors (Lipinski definition) is 5. The molecule has 1 atom stereocenters. The van der Waals surface area contributed by atoms with Gasteiger partial charge < -0.3 is 4.74 Å². The van der Waals surface area contributed by atoms with Crippen molar-refractivity contribution in [3.8, 4) is 0 Å². The summed E-state index contributed by atoms with van der Waals surface area (Å²) in [7, 11) is -3.86. The Hall–Kier alpha value is -2.96. The Bertz CT molecular complexity index is 1100. The van der Waals surface area contributed by atoms with Crippen molar-refractivity contribution in [2.45, 2.75) is 36.2 Å². The Morgan fingerprint density at radius 1 is 0.903 bits per heavy atom. The standard InChI is InChI=1S/C25H24O5S/c1-19-12-14-23(15-13-19)31(27,28)29-17-16-22-18-25(24(26)30-22,20-8-4-2-5-9-20)21-10-6-3-7-11-21/h2-15,22H,16-18H2,1H3. The van der Waals surface area contributed by atoms with Gasteiger partial charge in [-0.05, 0) is 30.2 Å². The maximum Gasteiger partial charge on any atom is 0.321 e. The van der Waals surface area contributed by atoms with Crippen molar-refractivity contribution in [3.63, 3.8) is 0 Å². The van der Waals surface area contributed by atoms with Crippen molar-refractivity contribution < 1.29 is 22.1 Å². The van der Waals surface area contributed by atoms with Gasteiger partial charge in [0.1, 0.15) is 11.5 Å². The summed E-state index contributed by atoms with van der Waals surface area (Å²) in [6.07, 6.45) is 0.271. The first kappa shape index (κ1) is 21.3. The van der Waals surface area contributed by atoms with Gasteiger partial charge in [-0.15, -0.1) is 0 Å². The van der Waals surface area contributed by atoms with Gasteiger partial charge in [-0.25, -0.2) is 0 Å². The van der Waals surface area contributed by atoms with Crippen LogP contribution in [0.2, 0.25) is 0 Å². The summed E-state index contributed by atoms with van der Waals surface area (Å²) in [5.41, 5.74) is 1.78. The van der Waals surface area contributed by atoms with E-state index in [1.807, 2.05) is 67.6 Å². The highest BCUT2D eigenvalue weighted by Crippen LogP contribution is 2.44. The highest BCUT2D eigenvalue weighted by molar-refractivity contribution is 7.86. The molecule has 0 aliphatic carbocycles. The molecule has 0 radical (unpaired) electrons. The molecule has 5 nitrogen and oxygen atoms in total. The Kier molecular flexibility index (Phi) is 5.94. The number of carbonyl (C=O) groups excluding carboxylic acids is 1. The average molecular weight is 437 g/mol. The van der Waals surface area contributed by atoms with Crippen LogP contribution in [0.1, 0.15) is 29.5 Å². The van der Waals surface area contributed by atoms with Crippen LogP contribution < -0.4 is 0 Å². The van der Waals surface area contributed by atoms with Crippen LogP contribution in [0.25, 0.3) is 0 Å². The average Bonchev–Trinajstić information content (AvgIpc) is 3.12. The molecule has 1 fully saturated rings. The number of ether oxygens (including phenoxy) is 1. The number of cyclic esters (lactones) is 1. The van der Waals surface area contributed by atoms with E-state index in [4.69, 9.17) is 8.92 Å². The normalized spacial score (nSPS) is 18.0. The summed E-state index contributed by atoms with van der Waals surface area (Å²) in [6, 6.07) is 25.6. The van der Waals surface area contributed by atoms with Crippen LogP contribution in [-0.4, -0.2) is 27.1 Å². The fourth-order valence-electron chi connectivity index (χ4n) is 4.03. The number of aryl methyl sites for hydroxylation is 1. The van der Waals surface area contributed by atoms with E-state index in [9.17, 15) is 13.2 Å². The van der Waals surface area contributed by atoms with Gasteiger partial charge in [0, 0.05) is 12.8 Å². The van der Waals surface area contributed by atoms with E-state index in [0.29, 0.717) is 6.42 Å². The van der Waals surface area contributed by atoms with Gasteiger partial charge in [-0.1, -0.05) is 78.4 Å². The predicted molar refractivity (Wildman–Crippen MR) is 117 cm³/mol. The van der Waals surface area contributed by atoms with Crippen LogP contribution in [0, 0.1) is 6.92 Å². The second kappa shape index (κ2) is 8.65. The zero-order chi connectivity index (χ0) is 21.9. The lowest BCUT2D eigenvalue weighted by Crippen LogP contribution is -2.33. The van der Waals surface area contributed by atoms with Gasteiger partial charge in [0.25, 0.3) is 10.1 Å². The summed E-state index contributed by atoms with van der Waals surface area (Å²) in [5.74, 6) is -0.323. The molecule has 6 heteroatoms. The molecule has 0 N–H and O–H groups in total. The van der Waals surface area contributed by atoms with Crippen LogP contribution in [0.5, 0.6) is 0 Å². The van der Waals surface area contributed by atoms with Crippen LogP contribution in [0.3, 0.4) is 0 Å². The highest BCUT2D eigenvalue weighted by atomic mass is 32.2. The van der Waals surface area contributed by atoms with Crippen molar-refractivity contribution in [1.82, 2.24) is 0 Å². The second-order valence-corrected chi connectivity index (χ2v) is 9.36. The van der Waals surface area contributed by atoms with Gasteiger partial charge in [-0.3, -0.25) is 8.98 Å². The van der Waals surface area contributed by atoms with E-state index in [0.717, 1.165) is 16.7 Å². The third-order valence-corrected chi connectivity index (χ3v) is 7.00. The first-order chi connectivity index (χ1) is 14.9. The topological polar surface area (TPSA) is 69.7 Å². The molecule has 1 aliphatic heterocycles. The Morgan fingerprint density at radius 2 is 1.45 bits per heavy atom. The third kappa shape index (κ3) is 4.27. The molecule has 0 spiro atoms. The minimum absolute atomic E-state index is 0.0617. The molecule has 3 aromatic rings. The molecular formula is C25H24O5S. The first-order valence-electron chi connectivity index (χ1n) is 10.2. The predicted octanol–water partition coefficient (Wildman–Crippen LogP) is 4.39. The van der Waals surface area contributed by atoms with Crippen LogP contribution in [0.15, 0.2) is 89.8 Å². The van der Waals surface area contributed by atoms with E-state index in [-0.39, 0.29) is 23.9 Å². The van der Waals surface area contributed by atoms with E-state index < -0.39 is 21.6 Å². The number of benzene rings is 3. The minimum Gasteiger partial charge on any atom is -0.461 e. The quantitative estimate of drug-likeness (QED) is 0.406.